The summed E-state index contributed by atoms with van der Waals surface area (Å²) in [4.78, 5) is 11.3. The molecule has 0 aliphatic heterocycles. The summed E-state index contributed by atoms with van der Waals surface area (Å²) >= 11 is 5.23. The molecule has 0 spiro atoms. The highest BCUT2D eigenvalue weighted by Gasteiger charge is 2.08. The molecule has 5 heteroatoms. The van der Waals surface area contributed by atoms with Crippen molar-refractivity contribution in [1.82, 2.24) is 0 Å². The minimum Gasteiger partial charge on any atom is -0.366 e. The number of hydrogen-bond donors (Lipinski definition) is 3. The number of para-hydroxylation sites is 1. The van der Waals surface area contributed by atoms with Crippen LogP contribution in [0.3, 0.4) is 0 Å². The van der Waals surface area contributed by atoms with Gasteiger partial charge in [-0.1, -0.05) is 24.3 Å². The second kappa shape index (κ2) is 6.16. The molecule has 0 fully saturated rings. The van der Waals surface area contributed by atoms with Crippen molar-refractivity contribution >= 4 is 34.6 Å². The molecule has 0 saturated heterocycles. The molecule has 102 valence electrons. The zero-order chi connectivity index (χ0) is 14.5. The Labute approximate surface area is 123 Å². The number of nitrogens with two attached hydrogens (primary N) is 1. The maximum Gasteiger partial charge on any atom is 0.250 e. The average molecular weight is 285 g/mol. The van der Waals surface area contributed by atoms with Gasteiger partial charge in [0.1, 0.15) is 0 Å². The highest BCUT2D eigenvalue weighted by molar-refractivity contribution is 7.80. The van der Waals surface area contributed by atoms with Gasteiger partial charge in [0.15, 0.2) is 5.11 Å². The van der Waals surface area contributed by atoms with Gasteiger partial charge in [-0.05, 0) is 49.0 Å². The molecule has 2 aromatic rings. The number of nitrogens with one attached hydrogen (secondary N) is 2. The number of benzene rings is 2. The van der Waals surface area contributed by atoms with Crippen LogP contribution in [0.2, 0.25) is 0 Å². The highest BCUT2D eigenvalue weighted by atomic mass is 32.1. The summed E-state index contributed by atoms with van der Waals surface area (Å²) < 4.78 is 0. The highest BCUT2D eigenvalue weighted by Crippen LogP contribution is 2.15. The Morgan fingerprint density at radius 1 is 1.10 bits per heavy atom. The van der Waals surface area contributed by atoms with Crippen LogP contribution in [0.15, 0.2) is 48.5 Å². The molecule has 0 radical (unpaired) electrons. The lowest BCUT2D eigenvalue weighted by Crippen LogP contribution is -2.22. The molecule has 0 aliphatic carbocycles. The van der Waals surface area contributed by atoms with Crippen LogP contribution in [-0.4, -0.2) is 11.0 Å². The molecule has 0 aliphatic rings. The maximum atomic E-state index is 11.3. The van der Waals surface area contributed by atoms with Crippen molar-refractivity contribution in [2.24, 2.45) is 5.73 Å². The smallest absolute Gasteiger partial charge is 0.250 e. The molecule has 2 rings (SSSR count). The van der Waals surface area contributed by atoms with Crippen LogP contribution in [-0.2, 0) is 0 Å². The lowest BCUT2D eigenvalue weighted by molar-refractivity contribution is 0.100. The summed E-state index contributed by atoms with van der Waals surface area (Å²) in [6, 6.07) is 14.8. The first-order valence-corrected chi connectivity index (χ1v) is 6.50. The van der Waals surface area contributed by atoms with E-state index in [9.17, 15) is 4.79 Å². The molecule has 0 unspecified atom stereocenters. The van der Waals surface area contributed by atoms with E-state index in [1.807, 2.05) is 37.3 Å². The monoisotopic (exact) mass is 285 g/mol. The zero-order valence-corrected chi connectivity index (χ0v) is 11.8. The van der Waals surface area contributed by atoms with Gasteiger partial charge in [0.25, 0.3) is 5.91 Å². The van der Waals surface area contributed by atoms with Gasteiger partial charge in [-0.15, -0.1) is 0 Å². The Morgan fingerprint density at radius 3 is 2.55 bits per heavy atom. The van der Waals surface area contributed by atoms with Crippen LogP contribution in [0.1, 0.15) is 15.9 Å². The van der Waals surface area contributed by atoms with Crippen LogP contribution < -0.4 is 16.4 Å². The number of carbonyl (C=O) groups is 1. The largest absolute Gasteiger partial charge is 0.366 e. The second-order valence-electron chi connectivity index (χ2n) is 4.36. The van der Waals surface area contributed by atoms with Crippen molar-refractivity contribution < 1.29 is 4.79 Å². The van der Waals surface area contributed by atoms with Crippen LogP contribution in [0.5, 0.6) is 0 Å². The van der Waals surface area contributed by atoms with Gasteiger partial charge >= 0.3 is 0 Å². The summed E-state index contributed by atoms with van der Waals surface area (Å²) in [7, 11) is 0. The van der Waals surface area contributed by atoms with E-state index in [0.717, 1.165) is 11.3 Å². The van der Waals surface area contributed by atoms with Gasteiger partial charge in [-0.2, -0.15) is 0 Å². The topological polar surface area (TPSA) is 67.2 Å². The molecule has 4 N–H and O–H groups in total. The number of hydrogen-bond acceptors (Lipinski definition) is 2. The first kappa shape index (κ1) is 14.0. The lowest BCUT2D eigenvalue weighted by atomic mass is 10.1. The Bertz CT molecular complexity index is 655. The van der Waals surface area contributed by atoms with E-state index in [0.29, 0.717) is 16.4 Å². The Hall–Kier alpha value is -2.40. The first-order chi connectivity index (χ1) is 9.56. The van der Waals surface area contributed by atoms with E-state index < -0.39 is 5.91 Å². The van der Waals surface area contributed by atoms with Crippen LogP contribution in [0.25, 0.3) is 0 Å². The summed E-state index contributed by atoms with van der Waals surface area (Å²) in [6.07, 6.45) is 0. The first-order valence-electron chi connectivity index (χ1n) is 6.10. The average Bonchev–Trinajstić information content (AvgIpc) is 2.38. The Balaban J connectivity index is 2.11. The molecule has 0 aromatic heterocycles. The molecule has 0 heterocycles. The van der Waals surface area contributed by atoms with Gasteiger partial charge in [-0.25, -0.2) is 0 Å². The van der Waals surface area contributed by atoms with Crippen molar-refractivity contribution in [3.05, 3.63) is 59.7 Å². The zero-order valence-electron chi connectivity index (χ0n) is 11.0. The number of anilines is 2. The van der Waals surface area contributed by atoms with Gasteiger partial charge < -0.3 is 16.4 Å². The van der Waals surface area contributed by atoms with Gasteiger partial charge in [0, 0.05) is 5.69 Å². The van der Waals surface area contributed by atoms with E-state index in [1.165, 1.54) is 0 Å². The van der Waals surface area contributed by atoms with E-state index in [4.69, 9.17) is 18.0 Å². The Kier molecular flexibility index (Phi) is 4.32. The molecule has 0 saturated carbocycles. The summed E-state index contributed by atoms with van der Waals surface area (Å²) in [5.41, 5.74) is 8.33. The van der Waals surface area contributed by atoms with Crippen molar-refractivity contribution in [3.8, 4) is 0 Å². The SMILES string of the molecule is Cc1cccc(NC(=S)Nc2ccccc2C(N)=O)c1. The number of carbonyl (C=O) groups excluding carboxylic acids is 1. The normalized spacial score (nSPS) is 9.85. The van der Waals surface area contributed by atoms with Gasteiger partial charge in [0.05, 0.1) is 11.3 Å². The van der Waals surface area contributed by atoms with Crippen molar-refractivity contribution in [2.45, 2.75) is 6.92 Å². The van der Waals surface area contributed by atoms with Crippen molar-refractivity contribution in [3.63, 3.8) is 0 Å². The third-order valence-electron chi connectivity index (χ3n) is 2.72. The number of rotatable bonds is 3. The van der Waals surface area contributed by atoms with Crippen LogP contribution >= 0.6 is 12.2 Å². The minimum atomic E-state index is -0.494. The summed E-state index contributed by atoms with van der Waals surface area (Å²) in [5, 5.41) is 6.45. The third-order valence-corrected chi connectivity index (χ3v) is 2.92. The van der Waals surface area contributed by atoms with Crippen molar-refractivity contribution in [1.29, 1.82) is 0 Å². The number of aryl methyl sites for hydroxylation is 1. The molecule has 0 atom stereocenters. The molecular formula is C15H15N3OS. The van der Waals surface area contributed by atoms with Crippen LogP contribution in [0.4, 0.5) is 11.4 Å². The van der Waals surface area contributed by atoms with Crippen molar-refractivity contribution in [2.75, 3.05) is 10.6 Å². The number of thiocarbonyl (C=S) groups is 1. The minimum absolute atomic E-state index is 0.404. The predicted octanol–water partition coefficient (Wildman–Crippen LogP) is 2.90. The Morgan fingerprint density at radius 2 is 1.85 bits per heavy atom. The quantitative estimate of drug-likeness (QED) is 0.759. The van der Waals surface area contributed by atoms with Gasteiger partial charge in [0.2, 0.25) is 0 Å². The fourth-order valence-electron chi connectivity index (χ4n) is 1.81. The molecule has 1 amide bonds. The van der Waals surface area contributed by atoms with E-state index in [2.05, 4.69) is 10.6 Å². The summed E-state index contributed by atoms with van der Waals surface area (Å²) in [6.45, 7) is 2.00. The van der Waals surface area contributed by atoms with E-state index in [1.54, 1.807) is 18.2 Å². The fourth-order valence-corrected chi connectivity index (χ4v) is 2.04. The molecule has 20 heavy (non-hydrogen) atoms. The molecular weight excluding hydrogens is 270 g/mol. The maximum absolute atomic E-state index is 11.3. The fraction of sp³-hybridized carbons (Fsp3) is 0.0667. The standard InChI is InChI=1S/C15H15N3OS/c1-10-5-4-6-11(9-10)17-15(20)18-13-8-3-2-7-12(13)14(16)19/h2-9H,1H3,(H2,16,19)(H2,17,18,20). The summed E-state index contributed by atoms with van der Waals surface area (Å²) in [5.74, 6) is -0.494. The van der Waals surface area contributed by atoms with E-state index in [-0.39, 0.29) is 0 Å². The number of amides is 1. The number of primary amides is 1. The molecule has 2 aromatic carbocycles. The molecule has 0 bridgehead atoms. The lowest BCUT2D eigenvalue weighted by Gasteiger charge is -2.13. The molecule has 4 nitrogen and oxygen atoms in total. The van der Waals surface area contributed by atoms with E-state index >= 15 is 0 Å². The van der Waals surface area contributed by atoms with Crippen LogP contribution in [0, 0.1) is 6.92 Å². The van der Waals surface area contributed by atoms with Gasteiger partial charge in [-0.3, -0.25) is 4.79 Å². The predicted molar refractivity (Wildman–Crippen MR) is 86.0 cm³/mol. The third kappa shape index (κ3) is 3.55. The second-order valence-corrected chi connectivity index (χ2v) is 4.77.